The van der Waals surface area contributed by atoms with Gasteiger partial charge in [-0.3, -0.25) is 0 Å². The average Bonchev–Trinajstić information content (AvgIpc) is 3.89. The minimum Gasteiger partial charge on any atom is -0.310 e. The first-order valence-corrected chi connectivity index (χ1v) is 21.2. The largest absolute Gasteiger partial charge is 0.310 e. The highest BCUT2D eigenvalue weighted by molar-refractivity contribution is 6.16. The van der Waals surface area contributed by atoms with Gasteiger partial charge in [-0.1, -0.05) is 140 Å². The molecule has 0 spiro atoms. The molecule has 3 aromatic heterocycles. The van der Waals surface area contributed by atoms with Crippen LogP contribution in [-0.2, 0) is 0 Å². The van der Waals surface area contributed by atoms with Crippen LogP contribution in [0.25, 0.3) is 89.2 Å². The molecule has 0 saturated carbocycles. The lowest BCUT2D eigenvalue weighted by Gasteiger charge is -2.27. The van der Waals surface area contributed by atoms with E-state index in [1.54, 1.807) is 0 Å². The Morgan fingerprint density at radius 2 is 0.667 bits per heavy atom. The summed E-state index contributed by atoms with van der Waals surface area (Å²) < 4.78 is 4.73. The zero-order valence-corrected chi connectivity index (χ0v) is 34.1. The van der Waals surface area contributed by atoms with Crippen molar-refractivity contribution in [3.63, 3.8) is 0 Å². The van der Waals surface area contributed by atoms with Gasteiger partial charge < -0.3 is 14.0 Å². The zero-order valence-electron chi connectivity index (χ0n) is 34.1. The fourth-order valence-electron chi connectivity index (χ4n) is 9.12. The Labute approximate surface area is 364 Å². The van der Waals surface area contributed by atoms with E-state index in [2.05, 4.69) is 184 Å². The minimum absolute atomic E-state index is 0.626. The normalized spacial score (nSPS) is 11.5. The van der Waals surface area contributed by atoms with Crippen molar-refractivity contribution in [3.05, 3.63) is 231 Å². The third kappa shape index (κ3) is 6.23. The SMILES string of the molecule is c1ccc(-c2nc(-c3ccccc3)nc(-c3ccc(-n4c5ccccc5c5c(N(c6ccccc6)c6ccc(-n7c8ccccc8c8ccccc87)cc6)cccc54)cc3)n2)cc1. The van der Waals surface area contributed by atoms with Crippen LogP contribution >= 0.6 is 0 Å². The second-order valence-electron chi connectivity index (χ2n) is 15.7. The number of aromatic nitrogens is 5. The molecule has 0 saturated heterocycles. The van der Waals surface area contributed by atoms with Crippen molar-refractivity contribution in [2.75, 3.05) is 4.90 Å². The van der Waals surface area contributed by atoms with Crippen molar-refractivity contribution in [2.45, 2.75) is 0 Å². The van der Waals surface area contributed by atoms with Gasteiger partial charge in [-0.15, -0.1) is 0 Å². The van der Waals surface area contributed by atoms with Crippen molar-refractivity contribution in [1.82, 2.24) is 24.1 Å². The van der Waals surface area contributed by atoms with Gasteiger partial charge in [0.2, 0.25) is 0 Å². The third-order valence-corrected chi connectivity index (χ3v) is 12.0. The molecule has 12 rings (SSSR count). The van der Waals surface area contributed by atoms with E-state index in [9.17, 15) is 0 Å². The molecule has 0 radical (unpaired) electrons. The van der Waals surface area contributed by atoms with Gasteiger partial charge in [-0.25, -0.2) is 15.0 Å². The fourth-order valence-corrected chi connectivity index (χ4v) is 9.12. The number of benzene rings is 9. The Hall–Kier alpha value is -8.61. The van der Waals surface area contributed by atoms with Crippen molar-refractivity contribution in [1.29, 1.82) is 0 Å². The molecular formula is C57H38N6. The Bertz CT molecular complexity index is 3480. The van der Waals surface area contributed by atoms with Gasteiger partial charge in [-0.2, -0.15) is 0 Å². The summed E-state index contributed by atoms with van der Waals surface area (Å²) in [6.07, 6.45) is 0. The third-order valence-electron chi connectivity index (χ3n) is 12.0. The molecule has 12 aromatic rings. The molecule has 0 bridgehead atoms. The van der Waals surface area contributed by atoms with E-state index in [-0.39, 0.29) is 0 Å². The second-order valence-corrected chi connectivity index (χ2v) is 15.7. The van der Waals surface area contributed by atoms with Crippen LogP contribution in [0.5, 0.6) is 0 Å². The highest BCUT2D eigenvalue weighted by atomic mass is 15.1. The summed E-state index contributed by atoms with van der Waals surface area (Å²) in [6, 6.07) is 81.1. The quantitative estimate of drug-likeness (QED) is 0.153. The van der Waals surface area contributed by atoms with Crippen molar-refractivity contribution in [3.8, 4) is 45.5 Å². The molecule has 0 amide bonds. The molecule has 9 aromatic carbocycles. The number of hydrogen-bond acceptors (Lipinski definition) is 4. The van der Waals surface area contributed by atoms with Crippen LogP contribution in [0.1, 0.15) is 0 Å². The summed E-state index contributed by atoms with van der Waals surface area (Å²) in [5, 5.41) is 4.85. The van der Waals surface area contributed by atoms with Crippen molar-refractivity contribution in [2.24, 2.45) is 0 Å². The predicted octanol–water partition coefficient (Wildman–Crippen LogP) is 14.5. The summed E-state index contributed by atoms with van der Waals surface area (Å²) in [7, 11) is 0. The van der Waals surface area contributed by atoms with E-state index in [1.807, 2.05) is 60.7 Å². The lowest BCUT2D eigenvalue weighted by Crippen LogP contribution is -2.10. The lowest BCUT2D eigenvalue weighted by molar-refractivity contribution is 1.07. The molecule has 63 heavy (non-hydrogen) atoms. The Balaban J connectivity index is 0.981. The lowest BCUT2D eigenvalue weighted by atomic mass is 10.1. The van der Waals surface area contributed by atoms with Crippen molar-refractivity contribution < 1.29 is 0 Å². The van der Waals surface area contributed by atoms with Crippen LogP contribution in [0.4, 0.5) is 17.1 Å². The zero-order chi connectivity index (χ0) is 41.7. The van der Waals surface area contributed by atoms with Gasteiger partial charge in [0.05, 0.1) is 27.8 Å². The standard InChI is InChI=1S/C57H38N6/c1-4-17-39(18-5-1)55-58-56(40-19-6-2-7-20-40)60-57(59-55)41-31-33-44(34-32-41)63-51-28-15-12-25-48(51)54-52(29-16-30-53(54)63)61(42-21-8-3-9-22-42)43-35-37-45(38-36-43)62-49-26-13-10-23-46(49)47-24-11-14-27-50(47)62/h1-38H. The first kappa shape index (κ1) is 36.3. The molecule has 0 fully saturated rings. The summed E-state index contributed by atoms with van der Waals surface area (Å²) in [4.78, 5) is 17.3. The number of hydrogen-bond donors (Lipinski definition) is 0. The molecule has 6 heteroatoms. The molecule has 0 N–H and O–H groups in total. The molecule has 3 heterocycles. The van der Waals surface area contributed by atoms with E-state index in [1.165, 1.54) is 32.6 Å². The molecule has 6 nitrogen and oxygen atoms in total. The maximum absolute atomic E-state index is 4.99. The summed E-state index contributed by atoms with van der Waals surface area (Å²) >= 11 is 0. The van der Waals surface area contributed by atoms with Crippen LogP contribution in [0.15, 0.2) is 231 Å². The van der Waals surface area contributed by atoms with Gasteiger partial charge in [0.1, 0.15) is 0 Å². The Morgan fingerprint density at radius 3 is 1.21 bits per heavy atom. The first-order valence-electron chi connectivity index (χ1n) is 21.2. The van der Waals surface area contributed by atoms with Crippen LogP contribution in [0, 0.1) is 0 Å². The van der Waals surface area contributed by atoms with Gasteiger partial charge in [0.25, 0.3) is 0 Å². The molecule has 0 unspecified atom stereocenters. The predicted molar refractivity (Wildman–Crippen MR) is 259 cm³/mol. The molecule has 296 valence electrons. The second kappa shape index (κ2) is 15.1. The van der Waals surface area contributed by atoms with Crippen LogP contribution in [0.3, 0.4) is 0 Å². The Kier molecular flexibility index (Phi) is 8.71. The smallest absolute Gasteiger partial charge is 0.164 e. The minimum atomic E-state index is 0.626. The fraction of sp³-hybridized carbons (Fsp3) is 0. The monoisotopic (exact) mass is 806 g/mol. The summed E-state index contributed by atoms with van der Waals surface area (Å²) in [6.45, 7) is 0. The summed E-state index contributed by atoms with van der Waals surface area (Å²) in [5.74, 6) is 1.91. The van der Waals surface area contributed by atoms with E-state index in [0.29, 0.717) is 17.5 Å². The Morgan fingerprint density at radius 1 is 0.286 bits per heavy atom. The van der Waals surface area contributed by atoms with E-state index < -0.39 is 0 Å². The van der Waals surface area contributed by atoms with Gasteiger partial charge >= 0.3 is 0 Å². The maximum Gasteiger partial charge on any atom is 0.164 e. The van der Waals surface area contributed by atoms with Crippen molar-refractivity contribution >= 4 is 60.7 Å². The number of rotatable bonds is 8. The van der Waals surface area contributed by atoms with Crippen LogP contribution < -0.4 is 4.90 Å². The van der Waals surface area contributed by atoms with E-state index in [4.69, 9.17) is 15.0 Å². The van der Waals surface area contributed by atoms with Crippen LogP contribution in [-0.4, -0.2) is 24.1 Å². The molecule has 0 atom stereocenters. The maximum atomic E-state index is 4.99. The molecule has 0 aliphatic carbocycles. The first-order chi connectivity index (χ1) is 31.3. The van der Waals surface area contributed by atoms with E-state index >= 15 is 0 Å². The number of para-hydroxylation sites is 4. The highest BCUT2D eigenvalue weighted by Crippen LogP contribution is 2.44. The van der Waals surface area contributed by atoms with Gasteiger partial charge in [-0.05, 0) is 91.0 Å². The van der Waals surface area contributed by atoms with E-state index in [0.717, 1.165) is 56.2 Å². The number of nitrogens with zero attached hydrogens (tertiary/aromatic N) is 6. The average molecular weight is 807 g/mol. The van der Waals surface area contributed by atoms with Gasteiger partial charge in [0, 0.05) is 61.0 Å². The molecule has 0 aliphatic heterocycles. The number of fused-ring (bicyclic) bond motifs is 6. The molecule has 0 aliphatic rings. The topological polar surface area (TPSA) is 51.8 Å². The van der Waals surface area contributed by atoms with Gasteiger partial charge in [0.15, 0.2) is 17.5 Å². The summed E-state index contributed by atoms with van der Waals surface area (Å²) in [5.41, 5.74) is 12.8. The highest BCUT2D eigenvalue weighted by Gasteiger charge is 2.22. The molecular weight excluding hydrogens is 769 g/mol. The number of anilines is 3. The van der Waals surface area contributed by atoms with Crippen LogP contribution in [0.2, 0.25) is 0 Å².